The van der Waals surface area contributed by atoms with E-state index in [1.807, 2.05) is 45.0 Å². The smallest absolute Gasteiger partial charge is 0.408 e. The fourth-order valence-electron chi connectivity index (χ4n) is 5.08. The second kappa shape index (κ2) is 10.2. The summed E-state index contributed by atoms with van der Waals surface area (Å²) in [6, 6.07) is 7.11. The van der Waals surface area contributed by atoms with Crippen LogP contribution >= 0.6 is 0 Å². The molecule has 1 unspecified atom stereocenters. The maximum atomic E-state index is 12.4. The van der Waals surface area contributed by atoms with Crippen LogP contribution in [-0.4, -0.2) is 71.5 Å². The lowest BCUT2D eigenvalue weighted by atomic mass is 9.70. The number of nitrogens with zero attached hydrogens (tertiary/aromatic N) is 4. The van der Waals surface area contributed by atoms with Gasteiger partial charge in [0.1, 0.15) is 5.82 Å². The van der Waals surface area contributed by atoms with Crippen molar-refractivity contribution >= 4 is 23.6 Å². The number of anilines is 2. The number of carbonyl (C=O) groups is 2. The quantitative estimate of drug-likeness (QED) is 0.555. The summed E-state index contributed by atoms with van der Waals surface area (Å²) in [7, 11) is 0. The van der Waals surface area contributed by atoms with E-state index < -0.39 is 11.6 Å². The number of carboxylic acid groups (broad SMARTS) is 1. The van der Waals surface area contributed by atoms with E-state index in [-0.39, 0.29) is 17.4 Å². The molecule has 0 spiro atoms. The summed E-state index contributed by atoms with van der Waals surface area (Å²) in [6.45, 7) is 15.6. The average Bonchev–Trinajstić information content (AvgIpc) is 2.83. The van der Waals surface area contributed by atoms with Crippen LogP contribution in [0, 0.1) is 5.41 Å². The van der Waals surface area contributed by atoms with E-state index in [4.69, 9.17) is 14.7 Å². The van der Waals surface area contributed by atoms with Crippen molar-refractivity contribution < 1.29 is 19.4 Å². The van der Waals surface area contributed by atoms with Gasteiger partial charge in [-0.2, -0.15) is 0 Å². The first-order valence-electron chi connectivity index (χ1n) is 12.8. The number of fused-ring (bicyclic) bond motifs is 1. The van der Waals surface area contributed by atoms with Crippen molar-refractivity contribution in [3.8, 4) is 11.4 Å². The molecule has 3 amide bonds. The van der Waals surface area contributed by atoms with Crippen molar-refractivity contribution in [1.29, 1.82) is 0 Å². The lowest BCUT2D eigenvalue weighted by Gasteiger charge is -2.49. The number of morpholine rings is 1. The van der Waals surface area contributed by atoms with Crippen molar-refractivity contribution in [2.24, 2.45) is 5.41 Å². The zero-order valence-electron chi connectivity index (χ0n) is 22.6. The van der Waals surface area contributed by atoms with Crippen molar-refractivity contribution in [1.82, 2.24) is 20.2 Å². The highest BCUT2D eigenvalue weighted by molar-refractivity contribution is 5.89. The minimum atomic E-state index is -0.959. The van der Waals surface area contributed by atoms with Gasteiger partial charge in [0.15, 0.2) is 5.82 Å². The lowest BCUT2D eigenvalue weighted by Crippen LogP contribution is -2.54. The van der Waals surface area contributed by atoms with Crippen LogP contribution in [0.5, 0.6) is 0 Å². The van der Waals surface area contributed by atoms with E-state index in [0.717, 1.165) is 22.6 Å². The van der Waals surface area contributed by atoms with Crippen LogP contribution in [0.3, 0.4) is 0 Å². The predicted octanol–water partition coefficient (Wildman–Crippen LogP) is 4.48. The van der Waals surface area contributed by atoms with E-state index in [1.54, 1.807) is 0 Å². The molecule has 2 aromatic rings. The Morgan fingerprint density at radius 1 is 1.14 bits per heavy atom. The molecule has 0 radical (unpaired) electrons. The van der Waals surface area contributed by atoms with E-state index in [1.165, 1.54) is 4.90 Å². The minimum Gasteiger partial charge on any atom is -0.465 e. The van der Waals surface area contributed by atoms with Gasteiger partial charge in [0.2, 0.25) is 0 Å². The van der Waals surface area contributed by atoms with Crippen molar-refractivity contribution in [3.05, 3.63) is 35.5 Å². The number of ether oxygens (including phenoxy) is 1. The third kappa shape index (κ3) is 5.34. The van der Waals surface area contributed by atoms with Crippen LogP contribution in [0.25, 0.3) is 11.4 Å². The summed E-state index contributed by atoms with van der Waals surface area (Å²) in [5.41, 5.74) is 2.14. The van der Waals surface area contributed by atoms with Crippen LogP contribution in [-0.2, 0) is 10.3 Å². The summed E-state index contributed by atoms with van der Waals surface area (Å²) >= 11 is 0. The summed E-state index contributed by atoms with van der Waals surface area (Å²) < 4.78 is 5.62. The Labute approximate surface area is 218 Å². The van der Waals surface area contributed by atoms with E-state index in [2.05, 4.69) is 36.3 Å². The largest absolute Gasteiger partial charge is 0.465 e. The SMILES string of the molecule is CCNC(=O)Nc1ccc(-c2nc(N3CCOCC3)c3c(n2)C(C)(C)N(C(=O)O)CC3C(C)(C)C)cc1. The topological polar surface area (TPSA) is 120 Å². The minimum absolute atomic E-state index is 0.0813. The molecule has 2 aliphatic rings. The molecule has 4 rings (SSSR count). The van der Waals surface area contributed by atoms with E-state index >= 15 is 0 Å². The Bertz CT molecular complexity index is 1150. The Morgan fingerprint density at radius 2 is 1.78 bits per heavy atom. The van der Waals surface area contributed by atoms with Crippen LogP contribution in [0.15, 0.2) is 24.3 Å². The highest BCUT2D eigenvalue weighted by Crippen LogP contribution is 2.49. The van der Waals surface area contributed by atoms with E-state index in [9.17, 15) is 14.7 Å². The van der Waals surface area contributed by atoms with Crippen molar-refractivity contribution in [2.75, 3.05) is 49.6 Å². The molecule has 3 N–H and O–H groups in total. The molecule has 0 saturated carbocycles. The first-order valence-corrected chi connectivity index (χ1v) is 12.8. The molecule has 200 valence electrons. The van der Waals surface area contributed by atoms with Crippen molar-refractivity contribution in [2.45, 2.75) is 53.0 Å². The first kappa shape index (κ1) is 26.7. The van der Waals surface area contributed by atoms with Crippen LogP contribution < -0.4 is 15.5 Å². The Morgan fingerprint density at radius 3 is 2.35 bits per heavy atom. The third-order valence-corrected chi connectivity index (χ3v) is 7.22. The Balaban J connectivity index is 1.87. The van der Waals surface area contributed by atoms with E-state index in [0.29, 0.717) is 50.9 Å². The zero-order chi connectivity index (χ0) is 27.0. The van der Waals surface area contributed by atoms with Crippen LogP contribution in [0.1, 0.15) is 58.7 Å². The van der Waals surface area contributed by atoms with Gasteiger partial charge in [-0.05, 0) is 50.5 Å². The molecule has 1 atom stereocenters. The second-order valence-electron chi connectivity index (χ2n) is 11.2. The van der Waals surface area contributed by atoms with Gasteiger partial charge >= 0.3 is 12.1 Å². The van der Waals surface area contributed by atoms with Gasteiger partial charge < -0.3 is 25.4 Å². The molecule has 2 aliphatic heterocycles. The maximum Gasteiger partial charge on any atom is 0.408 e. The van der Waals surface area contributed by atoms with Gasteiger partial charge in [0.25, 0.3) is 0 Å². The zero-order valence-corrected chi connectivity index (χ0v) is 22.6. The fourth-order valence-corrected chi connectivity index (χ4v) is 5.08. The molecular formula is C27H38N6O4. The maximum absolute atomic E-state index is 12.4. The first-order chi connectivity index (χ1) is 17.4. The molecule has 1 fully saturated rings. The fraction of sp³-hybridized carbons (Fsp3) is 0.556. The number of benzene rings is 1. The molecule has 3 heterocycles. The molecule has 1 aromatic heterocycles. The van der Waals surface area contributed by atoms with Gasteiger partial charge in [-0.25, -0.2) is 19.6 Å². The standard InChI is InChI=1S/C27H38N6O4/c1-7-28-24(34)29-18-10-8-17(9-11-18)22-30-21-20(23(31-22)32-12-14-37-15-13-32)19(26(2,3)4)16-33(25(35)36)27(21,5)6/h8-11,19H,7,12-16H2,1-6H3,(H,35,36)(H2,28,29,34). The normalized spacial score (nSPS) is 19.2. The van der Waals surface area contributed by atoms with Crippen LogP contribution in [0.2, 0.25) is 0 Å². The van der Waals surface area contributed by atoms with Crippen LogP contribution in [0.4, 0.5) is 21.1 Å². The highest BCUT2D eigenvalue weighted by atomic mass is 16.5. The number of carbonyl (C=O) groups excluding carboxylic acids is 1. The number of nitrogens with one attached hydrogen (secondary N) is 2. The summed E-state index contributed by atoms with van der Waals surface area (Å²) in [5, 5.41) is 15.7. The third-order valence-electron chi connectivity index (χ3n) is 7.22. The molecule has 1 aromatic carbocycles. The highest BCUT2D eigenvalue weighted by Gasteiger charge is 2.48. The second-order valence-corrected chi connectivity index (χ2v) is 11.2. The monoisotopic (exact) mass is 510 g/mol. The van der Waals surface area contributed by atoms with Crippen molar-refractivity contribution in [3.63, 3.8) is 0 Å². The molecular weight excluding hydrogens is 472 g/mol. The average molecular weight is 511 g/mol. The van der Waals surface area contributed by atoms with Gasteiger partial charge in [-0.15, -0.1) is 0 Å². The number of rotatable bonds is 4. The number of hydrogen-bond acceptors (Lipinski definition) is 6. The summed E-state index contributed by atoms with van der Waals surface area (Å²) in [6.07, 6.45) is -0.959. The number of hydrogen-bond donors (Lipinski definition) is 3. The molecule has 10 heteroatoms. The van der Waals surface area contributed by atoms with Gasteiger partial charge in [0, 0.05) is 48.9 Å². The number of urea groups is 1. The Kier molecular flexibility index (Phi) is 7.32. The summed E-state index contributed by atoms with van der Waals surface area (Å²) in [5.74, 6) is 1.30. The molecule has 10 nitrogen and oxygen atoms in total. The van der Waals surface area contributed by atoms with Gasteiger partial charge in [0.05, 0.1) is 24.4 Å². The Hall–Kier alpha value is -3.40. The number of amides is 3. The lowest BCUT2D eigenvalue weighted by molar-refractivity contribution is 0.0600. The van der Waals surface area contributed by atoms with Gasteiger partial charge in [-0.1, -0.05) is 20.8 Å². The number of aromatic nitrogens is 2. The predicted molar refractivity (Wildman–Crippen MR) is 143 cm³/mol. The summed E-state index contributed by atoms with van der Waals surface area (Å²) in [4.78, 5) is 38.2. The molecule has 0 bridgehead atoms. The molecule has 1 saturated heterocycles. The van der Waals surface area contributed by atoms with Gasteiger partial charge in [-0.3, -0.25) is 4.90 Å². The molecule has 0 aliphatic carbocycles. The molecule has 37 heavy (non-hydrogen) atoms.